The first-order valence-corrected chi connectivity index (χ1v) is 11.9. The lowest BCUT2D eigenvalue weighted by molar-refractivity contribution is -0.121. The Kier molecular flexibility index (Phi) is 7.77. The van der Waals surface area contributed by atoms with Crippen LogP contribution in [0.4, 0.5) is 4.39 Å². The van der Waals surface area contributed by atoms with E-state index in [1.807, 2.05) is 0 Å². The number of aromatic nitrogens is 3. The number of rotatable bonds is 10. The molecule has 0 aliphatic heterocycles. The highest BCUT2D eigenvalue weighted by Crippen LogP contribution is 2.18. The van der Waals surface area contributed by atoms with Gasteiger partial charge < -0.3 is 5.32 Å². The van der Waals surface area contributed by atoms with Gasteiger partial charge in [-0.2, -0.15) is 4.31 Å². The van der Waals surface area contributed by atoms with Crippen LogP contribution in [0.2, 0.25) is 0 Å². The third-order valence-electron chi connectivity index (χ3n) is 4.21. The van der Waals surface area contributed by atoms with E-state index in [4.69, 9.17) is 0 Å². The SMILES string of the molecule is Cc1nc(SCCNC(=O)CN(Cc2ccc(F)cc2)S(=O)(=O)c2ccccc2)n[nH]1. The number of H-pyrrole nitrogens is 1. The molecule has 0 fully saturated rings. The molecule has 1 heterocycles. The van der Waals surface area contributed by atoms with E-state index in [1.54, 1.807) is 25.1 Å². The molecule has 164 valence electrons. The zero-order valence-corrected chi connectivity index (χ0v) is 18.4. The van der Waals surface area contributed by atoms with Crippen LogP contribution in [0.5, 0.6) is 0 Å². The molecule has 31 heavy (non-hydrogen) atoms. The quantitative estimate of drug-likeness (QED) is 0.353. The van der Waals surface area contributed by atoms with Crippen molar-refractivity contribution in [3.05, 3.63) is 71.8 Å². The largest absolute Gasteiger partial charge is 0.354 e. The molecular formula is C20H22FN5O3S2. The molecule has 0 aliphatic carbocycles. The fourth-order valence-corrected chi connectivity index (χ4v) is 4.80. The fraction of sp³-hybridized carbons (Fsp3) is 0.250. The first kappa shape index (κ1) is 22.9. The lowest BCUT2D eigenvalue weighted by Crippen LogP contribution is -2.40. The van der Waals surface area contributed by atoms with Crippen molar-refractivity contribution in [1.82, 2.24) is 24.8 Å². The number of thioether (sulfide) groups is 1. The van der Waals surface area contributed by atoms with E-state index in [0.29, 0.717) is 28.8 Å². The van der Waals surface area contributed by atoms with E-state index in [9.17, 15) is 17.6 Å². The van der Waals surface area contributed by atoms with Gasteiger partial charge in [0.25, 0.3) is 0 Å². The average molecular weight is 464 g/mol. The number of amides is 1. The number of carbonyl (C=O) groups is 1. The summed E-state index contributed by atoms with van der Waals surface area (Å²) in [4.78, 5) is 16.7. The Hall–Kier alpha value is -2.76. The average Bonchev–Trinajstić information content (AvgIpc) is 3.18. The minimum absolute atomic E-state index is 0.0594. The van der Waals surface area contributed by atoms with Crippen LogP contribution in [-0.2, 0) is 21.4 Å². The monoisotopic (exact) mass is 463 g/mol. The number of aromatic amines is 1. The standard InChI is InChI=1S/C20H22FN5O3S2/c1-15-23-20(25-24-15)30-12-11-22-19(27)14-26(13-16-7-9-17(21)10-8-16)31(28,29)18-5-3-2-4-6-18/h2-10H,11-14H2,1H3,(H,22,27)(H,23,24,25). The highest BCUT2D eigenvalue weighted by molar-refractivity contribution is 7.99. The fourth-order valence-electron chi connectivity index (χ4n) is 2.70. The Morgan fingerprint density at radius 1 is 1.16 bits per heavy atom. The van der Waals surface area contributed by atoms with Crippen LogP contribution in [0.25, 0.3) is 0 Å². The van der Waals surface area contributed by atoms with Gasteiger partial charge in [-0.15, -0.1) is 5.10 Å². The molecule has 3 aromatic rings. The van der Waals surface area contributed by atoms with E-state index in [2.05, 4.69) is 20.5 Å². The summed E-state index contributed by atoms with van der Waals surface area (Å²) >= 11 is 1.37. The minimum atomic E-state index is -3.93. The van der Waals surface area contributed by atoms with Crippen molar-refractivity contribution in [3.8, 4) is 0 Å². The topological polar surface area (TPSA) is 108 Å². The molecule has 3 rings (SSSR count). The summed E-state index contributed by atoms with van der Waals surface area (Å²) in [6.45, 7) is 1.70. The molecule has 1 amide bonds. The molecule has 0 unspecified atom stereocenters. The zero-order chi connectivity index (χ0) is 22.3. The predicted molar refractivity (Wildman–Crippen MR) is 115 cm³/mol. The first-order valence-electron chi connectivity index (χ1n) is 9.43. The minimum Gasteiger partial charge on any atom is -0.354 e. The Bertz CT molecular complexity index is 1110. The molecule has 0 bridgehead atoms. The normalized spacial score (nSPS) is 11.6. The van der Waals surface area contributed by atoms with Crippen molar-refractivity contribution < 1.29 is 17.6 Å². The highest BCUT2D eigenvalue weighted by Gasteiger charge is 2.26. The van der Waals surface area contributed by atoms with Crippen LogP contribution >= 0.6 is 11.8 Å². The van der Waals surface area contributed by atoms with Gasteiger partial charge in [0.05, 0.1) is 11.4 Å². The Morgan fingerprint density at radius 2 is 1.87 bits per heavy atom. The Balaban J connectivity index is 1.65. The number of carbonyl (C=O) groups excluding carboxylic acids is 1. The summed E-state index contributed by atoms with van der Waals surface area (Å²) < 4.78 is 40.5. The van der Waals surface area contributed by atoms with Crippen LogP contribution in [0.3, 0.4) is 0 Å². The highest BCUT2D eigenvalue weighted by atomic mass is 32.2. The molecule has 8 nitrogen and oxygen atoms in total. The van der Waals surface area contributed by atoms with Gasteiger partial charge in [-0.25, -0.2) is 17.8 Å². The molecule has 11 heteroatoms. The van der Waals surface area contributed by atoms with Crippen molar-refractivity contribution >= 4 is 27.7 Å². The number of benzene rings is 2. The summed E-state index contributed by atoms with van der Waals surface area (Å²) in [5.41, 5.74) is 0.573. The number of nitrogens with one attached hydrogen (secondary N) is 2. The van der Waals surface area contributed by atoms with E-state index in [0.717, 1.165) is 4.31 Å². The van der Waals surface area contributed by atoms with E-state index in [1.165, 1.54) is 48.2 Å². The van der Waals surface area contributed by atoms with Crippen LogP contribution in [0.1, 0.15) is 11.4 Å². The van der Waals surface area contributed by atoms with E-state index in [-0.39, 0.29) is 18.0 Å². The number of hydrogen-bond acceptors (Lipinski definition) is 6. The maximum absolute atomic E-state index is 13.2. The molecule has 0 aliphatic rings. The third kappa shape index (κ3) is 6.61. The summed E-state index contributed by atoms with van der Waals surface area (Å²) in [6, 6.07) is 13.4. The molecule has 2 N–H and O–H groups in total. The Morgan fingerprint density at radius 3 is 2.52 bits per heavy atom. The van der Waals surface area contributed by atoms with Gasteiger partial charge in [0, 0.05) is 18.8 Å². The van der Waals surface area contributed by atoms with Gasteiger partial charge in [0.2, 0.25) is 21.1 Å². The van der Waals surface area contributed by atoms with Crippen LogP contribution in [0.15, 0.2) is 64.6 Å². The Labute approximate surface area is 184 Å². The van der Waals surface area contributed by atoms with Crippen LogP contribution < -0.4 is 5.32 Å². The van der Waals surface area contributed by atoms with Gasteiger partial charge in [0.1, 0.15) is 11.6 Å². The van der Waals surface area contributed by atoms with Crippen molar-refractivity contribution in [2.24, 2.45) is 0 Å². The summed E-state index contributed by atoms with van der Waals surface area (Å²) in [7, 11) is -3.93. The summed E-state index contributed by atoms with van der Waals surface area (Å²) in [5.74, 6) is 0.382. The number of halogens is 1. The summed E-state index contributed by atoms with van der Waals surface area (Å²) in [5, 5.41) is 10.0. The van der Waals surface area contributed by atoms with E-state index >= 15 is 0 Å². The van der Waals surface area contributed by atoms with Crippen molar-refractivity contribution in [3.63, 3.8) is 0 Å². The molecule has 1 aromatic heterocycles. The summed E-state index contributed by atoms with van der Waals surface area (Å²) in [6.07, 6.45) is 0. The van der Waals surface area contributed by atoms with Crippen LogP contribution in [0, 0.1) is 12.7 Å². The number of hydrogen-bond donors (Lipinski definition) is 2. The molecule has 0 saturated carbocycles. The van der Waals surface area contributed by atoms with Gasteiger partial charge >= 0.3 is 0 Å². The smallest absolute Gasteiger partial charge is 0.243 e. The van der Waals surface area contributed by atoms with Crippen molar-refractivity contribution in [2.45, 2.75) is 23.5 Å². The number of sulfonamides is 1. The number of aryl methyl sites for hydroxylation is 1. The van der Waals surface area contributed by atoms with E-state index < -0.39 is 21.7 Å². The van der Waals surface area contributed by atoms with Gasteiger partial charge in [0.15, 0.2) is 0 Å². The van der Waals surface area contributed by atoms with Crippen LogP contribution in [-0.4, -0.2) is 52.7 Å². The lowest BCUT2D eigenvalue weighted by Gasteiger charge is -2.22. The maximum Gasteiger partial charge on any atom is 0.243 e. The van der Waals surface area contributed by atoms with Gasteiger partial charge in [-0.3, -0.25) is 9.89 Å². The molecular weight excluding hydrogens is 441 g/mol. The molecule has 2 aromatic carbocycles. The molecule has 0 spiro atoms. The second kappa shape index (κ2) is 10.5. The zero-order valence-electron chi connectivity index (χ0n) is 16.8. The second-order valence-corrected chi connectivity index (χ2v) is 9.61. The van der Waals surface area contributed by atoms with Gasteiger partial charge in [-0.1, -0.05) is 42.1 Å². The number of nitrogens with zero attached hydrogens (tertiary/aromatic N) is 3. The second-order valence-electron chi connectivity index (χ2n) is 6.61. The molecule has 0 atom stereocenters. The molecule has 0 saturated heterocycles. The predicted octanol–water partition coefficient (Wildman–Crippen LogP) is 2.35. The molecule has 0 radical (unpaired) electrons. The van der Waals surface area contributed by atoms with Gasteiger partial charge in [-0.05, 0) is 36.8 Å². The van der Waals surface area contributed by atoms with Crippen molar-refractivity contribution in [2.75, 3.05) is 18.8 Å². The first-order chi connectivity index (χ1) is 14.8. The third-order valence-corrected chi connectivity index (χ3v) is 6.86. The lowest BCUT2D eigenvalue weighted by atomic mass is 10.2. The van der Waals surface area contributed by atoms with Crippen molar-refractivity contribution in [1.29, 1.82) is 0 Å². The maximum atomic E-state index is 13.2.